The molecule has 6 heteroatoms. The van der Waals surface area contributed by atoms with E-state index in [1.165, 1.54) is 17.7 Å². The maximum Gasteiger partial charge on any atom is 0.289 e. The molecule has 2 aromatic rings. The van der Waals surface area contributed by atoms with E-state index in [0.717, 1.165) is 63.2 Å². The molecule has 4 rings (SSSR count). The van der Waals surface area contributed by atoms with Crippen LogP contribution in [0.1, 0.15) is 30.4 Å². The van der Waals surface area contributed by atoms with Gasteiger partial charge in [0.05, 0.1) is 12.6 Å². The van der Waals surface area contributed by atoms with Gasteiger partial charge in [0, 0.05) is 37.5 Å². The molecule has 0 unspecified atom stereocenters. The largest absolute Gasteiger partial charge is 0.460 e. The van der Waals surface area contributed by atoms with Crippen LogP contribution in [-0.4, -0.2) is 49.8 Å². The fraction of sp³-hybridized carbons (Fsp3) is 0.458. The summed E-state index contributed by atoms with van der Waals surface area (Å²) in [5, 5.41) is 3.30. The summed E-state index contributed by atoms with van der Waals surface area (Å²) in [6.07, 6.45) is 3.97. The first-order chi connectivity index (χ1) is 14.8. The Morgan fingerprint density at radius 1 is 1.07 bits per heavy atom. The Kier molecular flexibility index (Phi) is 7.32. The number of hydrogen-bond acceptors (Lipinski definition) is 4. The number of ether oxygens (including phenoxy) is 2. The number of rotatable bonds is 8. The van der Waals surface area contributed by atoms with Crippen LogP contribution in [-0.2, 0) is 22.5 Å². The molecule has 2 aliphatic rings. The Hall–Kier alpha value is -2.44. The average molecular weight is 412 g/mol. The smallest absolute Gasteiger partial charge is 0.289 e. The highest BCUT2D eigenvalue weighted by atomic mass is 19.1. The van der Waals surface area contributed by atoms with Crippen molar-refractivity contribution in [1.29, 1.82) is 0 Å². The second-order valence-electron chi connectivity index (χ2n) is 7.92. The van der Waals surface area contributed by atoms with Crippen molar-refractivity contribution in [1.82, 2.24) is 4.90 Å². The van der Waals surface area contributed by atoms with Crippen LogP contribution in [0.5, 0.6) is 0 Å². The van der Waals surface area contributed by atoms with Crippen molar-refractivity contribution in [2.75, 3.05) is 38.2 Å². The zero-order valence-corrected chi connectivity index (χ0v) is 17.4. The zero-order valence-electron chi connectivity index (χ0n) is 17.4. The molecule has 2 aliphatic heterocycles. The van der Waals surface area contributed by atoms with Gasteiger partial charge < -0.3 is 19.7 Å². The maximum absolute atomic E-state index is 12.9. The number of aliphatic imine (C=N–C) groups is 1. The van der Waals surface area contributed by atoms with Gasteiger partial charge in [0.2, 0.25) is 0 Å². The molecular formula is C24H30FN3O2. The SMILES string of the molecule is Fc1ccc(CCOCCCN2CCC(N=C3Nc4ccccc4CO3)CC2)cc1. The first kappa shape index (κ1) is 20.8. The predicted octanol–water partition coefficient (Wildman–Crippen LogP) is 4.24. The number of benzene rings is 2. The van der Waals surface area contributed by atoms with Crippen molar-refractivity contribution >= 4 is 11.7 Å². The van der Waals surface area contributed by atoms with Gasteiger partial charge >= 0.3 is 0 Å². The zero-order chi connectivity index (χ0) is 20.6. The second kappa shape index (κ2) is 10.5. The predicted molar refractivity (Wildman–Crippen MR) is 117 cm³/mol. The van der Waals surface area contributed by atoms with Crippen LogP contribution in [0.25, 0.3) is 0 Å². The third-order valence-electron chi connectivity index (χ3n) is 5.69. The monoisotopic (exact) mass is 411 g/mol. The van der Waals surface area contributed by atoms with Crippen LogP contribution in [0.4, 0.5) is 10.1 Å². The lowest BCUT2D eigenvalue weighted by Crippen LogP contribution is -2.37. The van der Waals surface area contributed by atoms with E-state index in [9.17, 15) is 4.39 Å². The maximum atomic E-state index is 12.9. The standard InChI is InChI=1S/C24H30FN3O2/c25-21-8-6-19(7-9-21)12-17-29-16-3-13-28-14-10-22(11-15-28)26-24-27-23-5-2-1-4-20(23)18-30-24/h1-2,4-9,22H,3,10-18H2,(H,26,27). The lowest BCUT2D eigenvalue weighted by Gasteiger charge is -2.31. The number of likely N-dealkylation sites (tertiary alicyclic amines) is 1. The van der Waals surface area contributed by atoms with E-state index >= 15 is 0 Å². The van der Waals surface area contributed by atoms with Gasteiger partial charge in [-0.15, -0.1) is 0 Å². The Morgan fingerprint density at radius 3 is 2.70 bits per heavy atom. The fourth-order valence-electron chi connectivity index (χ4n) is 3.91. The highest BCUT2D eigenvalue weighted by Crippen LogP contribution is 2.22. The molecular weight excluding hydrogens is 381 g/mol. The van der Waals surface area contributed by atoms with Crippen molar-refractivity contribution in [3.63, 3.8) is 0 Å². The molecule has 0 amide bonds. The van der Waals surface area contributed by atoms with Crippen molar-refractivity contribution in [3.8, 4) is 0 Å². The Morgan fingerprint density at radius 2 is 1.87 bits per heavy atom. The van der Waals surface area contributed by atoms with Gasteiger partial charge in [-0.05, 0) is 49.4 Å². The molecule has 1 fully saturated rings. The molecule has 0 saturated carbocycles. The topological polar surface area (TPSA) is 46.1 Å². The van der Waals surface area contributed by atoms with E-state index in [4.69, 9.17) is 14.5 Å². The van der Waals surface area contributed by atoms with Gasteiger partial charge in [-0.3, -0.25) is 0 Å². The summed E-state index contributed by atoms with van der Waals surface area (Å²) in [5.41, 5.74) is 3.38. The van der Waals surface area contributed by atoms with Crippen molar-refractivity contribution in [2.45, 2.75) is 38.3 Å². The first-order valence-electron chi connectivity index (χ1n) is 10.9. The van der Waals surface area contributed by atoms with E-state index < -0.39 is 0 Å². The van der Waals surface area contributed by atoms with Crippen molar-refractivity contribution < 1.29 is 13.9 Å². The molecule has 0 bridgehead atoms. The third kappa shape index (κ3) is 6.03. The van der Waals surface area contributed by atoms with E-state index in [1.807, 2.05) is 24.3 Å². The summed E-state index contributed by atoms with van der Waals surface area (Å²) < 4.78 is 24.4. The van der Waals surface area contributed by atoms with Crippen LogP contribution in [0.15, 0.2) is 53.5 Å². The summed E-state index contributed by atoms with van der Waals surface area (Å²) in [6.45, 7) is 5.22. The molecule has 0 aliphatic carbocycles. The number of para-hydroxylation sites is 1. The third-order valence-corrected chi connectivity index (χ3v) is 5.69. The molecule has 0 spiro atoms. The van der Waals surface area contributed by atoms with E-state index in [-0.39, 0.29) is 5.82 Å². The van der Waals surface area contributed by atoms with Crippen LogP contribution < -0.4 is 5.32 Å². The van der Waals surface area contributed by atoms with Gasteiger partial charge in [-0.2, -0.15) is 0 Å². The first-order valence-corrected chi connectivity index (χ1v) is 10.9. The lowest BCUT2D eigenvalue weighted by molar-refractivity contribution is 0.117. The van der Waals surface area contributed by atoms with Gasteiger partial charge in [0.1, 0.15) is 12.4 Å². The lowest BCUT2D eigenvalue weighted by atomic mass is 10.1. The Labute approximate surface area is 177 Å². The van der Waals surface area contributed by atoms with Gasteiger partial charge in [0.15, 0.2) is 0 Å². The molecule has 30 heavy (non-hydrogen) atoms. The normalized spacial score (nSPS) is 18.6. The van der Waals surface area contributed by atoms with Crippen LogP contribution >= 0.6 is 0 Å². The summed E-state index contributed by atoms with van der Waals surface area (Å²) in [7, 11) is 0. The quantitative estimate of drug-likeness (QED) is 0.660. The summed E-state index contributed by atoms with van der Waals surface area (Å²) in [6, 6.07) is 15.8. The van der Waals surface area contributed by atoms with Gasteiger partial charge in [0.25, 0.3) is 6.02 Å². The number of amidine groups is 1. The van der Waals surface area contributed by atoms with Crippen LogP contribution in [0.3, 0.4) is 0 Å². The van der Waals surface area contributed by atoms with Crippen LogP contribution in [0.2, 0.25) is 0 Å². The summed E-state index contributed by atoms with van der Waals surface area (Å²) in [5.74, 6) is -0.192. The number of halogens is 1. The summed E-state index contributed by atoms with van der Waals surface area (Å²) >= 11 is 0. The molecule has 1 N–H and O–H groups in total. The minimum Gasteiger partial charge on any atom is -0.460 e. The second-order valence-corrected chi connectivity index (χ2v) is 7.92. The molecule has 2 aromatic carbocycles. The molecule has 2 heterocycles. The van der Waals surface area contributed by atoms with E-state index in [1.54, 1.807) is 0 Å². The molecule has 0 atom stereocenters. The van der Waals surface area contributed by atoms with Crippen molar-refractivity contribution in [3.05, 3.63) is 65.5 Å². The molecule has 160 valence electrons. The average Bonchev–Trinajstić information content (AvgIpc) is 2.78. The molecule has 1 saturated heterocycles. The Balaban J connectivity index is 1.09. The van der Waals surface area contributed by atoms with Gasteiger partial charge in [-0.25, -0.2) is 9.38 Å². The summed E-state index contributed by atoms with van der Waals surface area (Å²) in [4.78, 5) is 7.28. The highest BCUT2D eigenvalue weighted by Gasteiger charge is 2.21. The van der Waals surface area contributed by atoms with Gasteiger partial charge in [-0.1, -0.05) is 30.3 Å². The van der Waals surface area contributed by atoms with Crippen molar-refractivity contribution in [2.24, 2.45) is 4.99 Å². The number of anilines is 1. The number of nitrogens with one attached hydrogen (secondary N) is 1. The fourth-order valence-corrected chi connectivity index (χ4v) is 3.91. The number of fused-ring (bicyclic) bond motifs is 1. The molecule has 0 radical (unpaired) electrons. The number of nitrogens with zero attached hydrogens (tertiary/aromatic N) is 2. The minimum atomic E-state index is -0.192. The minimum absolute atomic E-state index is 0.192. The van der Waals surface area contributed by atoms with E-state index in [2.05, 4.69) is 22.3 Å². The molecule has 5 nitrogen and oxygen atoms in total. The number of piperidine rings is 1. The van der Waals surface area contributed by atoms with E-state index in [0.29, 0.717) is 25.3 Å². The highest BCUT2D eigenvalue weighted by molar-refractivity contribution is 5.91. The molecule has 0 aromatic heterocycles. The Bertz CT molecular complexity index is 833. The number of hydrogen-bond donors (Lipinski definition) is 1. The van der Waals surface area contributed by atoms with Crippen LogP contribution in [0, 0.1) is 5.82 Å².